The van der Waals surface area contributed by atoms with Crippen molar-refractivity contribution in [2.24, 2.45) is 5.92 Å². The van der Waals surface area contributed by atoms with Crippen molar-refractivity contribution >= 4 is 44.9 Å². The number of anilines is 2. The van der Waals surface area contributed by atoms with Gasteiger partial charge in [0.1, 0.15) is 12.1 Å². The van der Waals surface area contributed by atoms with Crippen LogP contribution in [0.5, 0.6) is 0 Å². The number of hydrogen-bond acceptors (Lipinski definition) is 5. The second-order valence-electron chi connectivity index (χ2n) is 11.0. The van der Waals surface area contributed by atoms with Gasteiger partial charge < -0.3 is 15.7 Å². The highest BCUT2D eigenvalue weighted by atomic mass is 32.1. The summed E-state index contributed by atoms with van der Waals surface area (Å²) < 4.78 is 56.7. The highest BCUT2D eigenvalue weighted by molar-refractivity contribution is 7.17. The van der Waals surface area contributed by atoms with E-state index in [0.717, 1.165) is 77.0 Å². The number of aliphatic carboxylic acids is 1. The average molecular weight is 635 g/mol. The molecule has 0 aliphatic heterocycles. The number of halogens is 4. The number of fused-ring (bicyclic) bond motifs is 1. The van der Waals surface area contributed by atoms with E-state index in [2.05, 4.69) is 26.0 Å². The Labute approximate surface area is 259 Å². The molecule has 1 aliphatic rings. The van der Waals surface area contributed by atoms with Crippen molar-refractivity contribution in [2.75, 3.05) is 10.6 Å². The highest BCUT2D eigenvalue weighted by Gasteiger charge is 2.27. The number of urea groups is 1. The summed E-state index contributed by atoms with van der Waals surface area (Å²) in [6, 6.07) is 11.3. The van der Waals surface area contributed by atoms with Crippen molar-refractivity contribution < 1.29 is 32.3 Å². The number of thiophene rings is 1. The van der Waals surface area contributed by atoms with Crippen LogP contribution in [0.4, 0.5) is 33.7 Å². The summed E-state index contributed by atoms with van der Waals surface area (Å²) in [5.74, 6) is -5.44. The van der Waals surface area contributed by atoms with Crippen molar-refractivity contribution in [3.8, 4) is 22.4 Å². The number of carbonyl (C=O) groups is 2. The highest BCUT2D eigenvalue weighted by Crippen LogP contribution is 2.43. The molecule has 1 fully saturated rings. The maximum absolute atomic E-state index is 14.5. The third kappa shape index (κ3) is 6.37. The lowest BCUT2D eigenvalue weighted by Crippen LogP contribution is -2.20. The van der Waals surface area contributed by atoms with E-state index in [4.69, 9.17) is 5.11 Å². The van der Waals surface area contributed by atoms with Gasteiger partial charge in [-0.2, -0.15) is 0 Å². The normalized spacial score (nSPS) is 16.4. The number of aromatic nitrogens is 2. The van der Waals surface area contributed by atoms with Crippen LogP contribution >= 0.6 is 11.3 Å². The summed E-state index contributed by atoms with van der Waals surface area (Å²) in [5, 5.41) is 16.2. The van der Waals surface area contributed by atoms with Crippen LogP contribution in [-0.4, -0.2) is 27.1 Å². The minimum Gasteiger partial charge on any atom is -0.481 e. The maximum Gasteiger partial charge on any atom is 0.323 e. The van der Waals surface area contributed by atoms with Gasteiger partial charge in [-0.25, -0.2) is 32.3 Å². The number of amides is 2. The molecule has 45 heavy (non-hydrogen) atoms. The number of carbonyl (C=O) groups excluding carboxylic acids is 1. The molecule has 7 nitrogen and oxygen atoms in total. The molecule has 0 atom stereocenters. The molecule has 12 heteroatoms. The van der Waals surface area contributed by atoms with E-state index < -0.39 is 35.3 Å². The average Bonchev–Trinajstić information content (AvgIpc) is 3.46. The second-order valence-corrected chi connectivity index (χ2v) is 11.9. The third-order valence-electron chi connectivity index (χ3n) is 8.11. The molecular formula is C33H26F4N4O3S. The Morgan fingerprint density at radius 1 is 0.844 bits per heavy atom. The van der Waals surface area contributed by atoms with Crippen molar-refractivity contribution in [1.29, 1.82) is 0 Å². The van der Waals surface area contributed by atoms with E-state index in [9.17, 15) is 27.2 Å². The van der Waals surface area contributed by atoms with E-state index in [-0.39, 0.29) is 29.2 Å². The van der Waals surface area contributed by atoms with Gasteiger partial charge in [0, 0.05) is 23.2 Å². The van der Waals surface area contributed by atoms with Gasteiger partial charge in [0.15, 0.2) is 17.5 Å². The molecule has 0 saturated heterocycles. The van der Waals surface area contributed by atoms with Crippen molar-refractivity contribution in [3.63, 3.8) is 0 Å². The zero-order chi connectivity index (χ0) is 31.7. The smallest absolute Gasteiger partial charge is 0.323 e. The Morgan fingerprint density at radius 3 is 2.29 bits per heavy atom. The van der Waals surface area contributed by atoms with Gasteiger partial charge in [-0.3, -0.25) is 4.79 Å². The first kappa shape index (κ1) is 30.2. The van der Waals surface area contributed by atoms with E-state index in [1.807, 2.05) is 0 Å². The van der Waals surface area contributed by atoms with Crippen molar-refractivity contribution in [3.05, 3.63) is 95.1 Å². The van der Waals surface area contributed by atoms with Crippen LogP contribution in [0, 0.1) is 29.2 Å². The number of nitrogens with zero attached hydrogens (tertiary/aromatic N) is 2. The largest absolute Gasteiger partial charge is 0.481 e. The number of carboxylic acid groups (broad SMARTS) is 1. The summed E-state index contributed by atoms with van der Waals surface area (Å²) in [5.41, 5.74) is 3.49. The molecule has 2 aromatic heterocycles. The van der Waals surface area contributed by atoms with E-state index in [0.29, 0.717) is 11.6 Å². The standard InChI is InChI=1S/C33H26F4N4O3S/c34-24-11-7-20(22-10-12-25(35)29(37)28(22)36)14-26(24)41-33(44)40-21-8-5-19(6-9-21)30-32-31(39-16-38-30)23(15-45-32)18-3-1-17(2-4-18)13-27(42)43/h5-12,14-18H,1-4,13H2,(H,42,43)(H2,40,41,44). The van der Waals surface area contributed by atoms with Crippen LogP contribution in [0.25, 0.3) is 32.6 Å². The Hall–Kier alpha value is -4.84. The second kappa shape index (κ2) is 12.6. The quantitative estimate of drug-likeness (QED) is 0.122. The molecule has 230 valence electrons. The first-order chi connectivity index (χ1) is 21.7. The monoisotopic (exact) mass is 634 g/mol. The SMILES string of the molecule is O=C(O)CC1CCC(c2csc3c(-c4ccc(NC(=O)Nc5cc(-c6ccc(F)c(F)c6F)ccc5F)cc4)ncnc23)CC1. The Kier molecular flexibility index (Phi) is 8.48. The number of hydrogen-bond donors (Lipinski definition) is 3. The van der Waals surface area contributed by atoms with Crippen LogP contribution in [0.15, 0.2) is 66.3 Å². The lowest BCUT2D eigenvalue weighted by molar-refractivity contribution is -0.138. The zero-order valence-electron chi connectivity index (χ0n) is 23.6. The molecule has 1 aliphatic carbocycles. The fourth-order valence-electron chi connectivity index (χ4n) is 5.82. The number of nitrogens with one attached hydrogen (secondary N) is 2. The van der Waals surface area contributed by atoms with Gasteiger partial charge in [-0.05, 0) is 90.4 Å². The summed E-state index contributed by atoms with van der Waals surface area (Å²) in [4.78, 5) is 32.8. The Bertz CT molecular complexity index is 1910. The van der Waals surface area contributed by atoms with Gasteiger partial charge in [0.2, 0.25) is 0 Å². The molecular weight excluding hydrogens is 608 g/mol. The predicted molar refractivity (Wildman–Crippen MR) is 164 cm³/mol. The van der Waals surface area contributed by atoms with Crippen LogP contribution < -0.4 is 10.6 Å². The summed E-state index contributed by atoms with van der Waals surface area (Å²) in [6.07, 6.45) is 5.32. The van der Waals surface area contributed by atoms with Crippen LogP contribution in [0.2, 0.25) is 0 Å². The maximum atomic E-state index is 14.5. The van der Waals surface area contributed by atoms with Crippen LogP contribution in [0.3, 0.4) is 0 Å². The first-order valence-corrected chi connectivity index (χ1v) is 15.1. The number of carboxylic acids is 1. The molecule has 1 saturated carbocycles. The molecule has 2 amide bonds. The minimum atomic E-state index is -1.65. The number of benzene rings is 3. The summed E-state index contributed by atoms with van der Waals surface area (Å²) in [6.45, 7) is 0. The van der Waals surface area contributed by atoms with Gasteiger partial charge in [-0.15, -0.1) is 11.3 Å². The third-order valence-corrected chi connectivity index (χ3v) is 9.10. The molecule has 3 N–H and O–H groups in total. The minimum absolute atomic E-state index is 0.0474. The van der Waals surface area contributed by atoms with E-state index in [1.54, 1.807) is 35.6 Å². The molecule has 0 bridgehead atoms. The molecule has 0 radical (unpaired) electrons. The zero-order valence-corrected chi connectivity index (χ0v) is 24.4. The van der Waals surface area contributed by atoms with Gasteiger partial charge in [-0.1, -0.05) is 18.2 Å². The lowest BCUT2D eigenvalue weighted by atomic mass is 9.78. The van der Waals surface area contributed by atoms with Crippen LogP contribution in [0.1, 0.15) is 43.6 Å². The summed E-state index contributed by atoms with van der Waals surface area (Å²) >= 11 is 1.56. The fraction of sp³-hybridized carbons (Fsp3) is 0.212. The van der Waals surface area contributed by atoms with E-state index in [1.165, 1.54) is 12.4 Å². The predicted octanol–water partition coefficient (Wildman–Crippen LogP) is 8.97. The molecule has 0 unspecified atom stereocenters. The first-order valence-electron chi connectivity index (χ1n) is 14.2. The Morgan fingerprint density at radius 2 is 1.56 bits per heavy atom. The molecule has 0 spiro atoms. The topological polar surface area (TPSA) is 104 Å². The van der Waals surface area contributed by atoms with E-state index >= 15 is 0 Å². The molecule has 3 aromatic carbocycles. The van der Waals surface area contributed by atoms with Crippen molar-refractivity contribution in [2.45, 2.75) is 38.0 Å². The van der Waals surface area contributed by atoms with Gasteiger partial charge in [0.05, 0.1) is 21.6 Å². The molecule has 2 heterocycles. The number of rotatable bonds is 7. The molecule has 5 aromatic rings. The van der Waals surface area contributed by atoms with Gasteiger partial charge >= 0.3 is 12.0 Å². The molecule has 6 rings (SSSR count). The lowest BCUT2D eigenvalue weighted by Gasteiger charge is -2.27. The Balaban J connectivity index is 1.14. The van der Waals surface area contributed by atoms with Gasteiger partial charge in [0.25, 0.3) is 0 Å². The van der Waals surface area contributed by atoms with Crippen LogP contribution in [-0.2, 0) is 4.79 Å². The fourth-order valence-corrected chi connectivity index (χ4v) is 6.94. The van der Waals surface area contributed by atoms with Crippen molar-refractivity contribution in [1.82, 2.24) is 9.97 Å². The summed E-state index contributed by atoms with van der Waals surface area (Å²) in [7, 11) is 0.